The summed E-state index contributed by atoms with van der Waals surface area (Å²) in [6, 6.07) is 2.13. The summed E-state index contributed by atoms with van der Waals surface area (Å²) in [7, 11) is 0. The molecule has 3 nitrogen and oxygen atoms in total. The Kier molecular flexibility index (Phi) is 3.18. The molecule has 1 atom stereocenters. The minimum Gasteiger partial charge on any atom is -0.472 e. The van der Waals surface area contributed by atoms with Gasteiger partial charge in [-0.25, -0.2) is 4.98 Å². The fourth-order valence-corrected chi connectivity index (χ4v) is 2.15. The maximum absolute atomic E-state index is 5.88. The van der Waals surface area contributed by atoms with Gasteiger partial charge in [0.15, 0.2) is 0 Å². The highest BCUT2D eigenvalue weighted by atomic mass is 32.1. The molecule has 2 aromatic heterocycles. The van der Waals surface area contributed by atoms with Gasteiger partial charge >= 0.3 is 0 Å². The van der Waals surface area contributed by atoms with Crippen molar-refractivity contribution in [3.8, 4) is 10.6 Å². The molecule has 0 aromatic carbocycles. The van der Waals surface area contributed by atoms with Crippen molar-refractivity contribution in [3.63, 3.8) is 0 Å². The molecule has 0 fully saturated rings. The molecule has 0 bridgehead atoms. The summed E-state index contributed by atoms with van der Waals surface area (Å²) in [5.41, 5.74) is 7.99. The summed E-state index contributed by atoms with van der Waals surface area (Å²) in [5.74, 6) is 0. The topological polar surface area (TPSA) is 52.0 Å². The lowest BCUT2D eigenvalue weighted by molar-refractivity contribution is 0.568. The van der Waals surface area contributed by atoms with Crippen LogP contribution in [0.5, 0.6) is 0 Å². The van der Waals surface area contributed by atoms with Crippen LogP contribution >= 0.6 is 11.3 Å². The molecule has 0 aliphatic heterocycles. The zero-order valence-electron chi connectivity index (χ0n) is 8.64. The molecule has 2 N–H and O–H groups in total. The maximum atomic E-state index is 5.88. The van der Waals surface area contributed by atoms with Crippen molar-refractivity contribution >= 4 is 11.3 Å². The molecule has 0 amide bonds. The predicted molar refractivity (Wildman–Crippen MR) is 61.8 cm³/mol. The highest BCUT2D eigenvalue weighted by molar-refractivity contribution is 7.13. The first-order valence-corrected chi connectivity index (χ1v) is 5.90. The number of aromatic nitrogens is 1. The van der Waals surface area contributed by atoms with Crippen molar-refractivity contribution < 1.29 is 4.42 Å². The third kappa shape index (κ3) is 2.46. The Balaban J connectivity index is 2.11. The van der Waals surface area contributed by atoms with Crippen LogP contribution in [-0.4, -0.2) is 11.0 Å². The number of nitrogens with two attached hydrogens (primary N) is 1. The van der Waals surface area contributed by atoms with E-state index in [1.165, 1.54) is 0 Å². The monoisotopic (exact) mass is 222 g/mol. The van der Waals surface area contributed by atoms with E-state index in [-0.39, 0.29) is 6.04 Å². The van der Waals surface area contributed by atoms with E-state index in [0.717, 1.165) is 29.1 Å². The molecule has 0 spiro atoms. The maximum Gasteiger partial charge on any atom is 0.126 e. The summed E-state index contributed by atoms with van der Waals surface area (Å²) in [6.45, 7) is 2.09. The van der Waals surface area contributed by atoms with E-state index in [4.69, 9.17) is 10.2 Å². The van der Waals surface area contributed by atoms with Gasteiger partial charge in [-0.1, -0.05) is 6.92 Å². The van der Waals surface area contributed by atoms with Crippen LogP contribution in [0, 0.1) is 0 Å². The lowest BCUT2D eigenvalue weighted by Gasteiger charge is -2.04. The Morgan fingerprint density at radius 1 is 1.60 bits per heavy atom. The summed E-state index contributed by atoms with van der Waals surface area (Å²) in [5, 5.41) is 3.07. The van der Waals surface area contributed by atoms with Gasteiger partial charge in [0, 0.05) is 23.4 Å². The van der Waals surface area contributed by atoms with Gasteiger partial charge in [-0.15, -0.1) is 11.3 Å². The highest BCUT2D eigenvalue weighted by Crippen LogP contribution is 2.24. The van der Waals surface area contributed by atoms with Crippen LogP contribution in [-0.2, 0) is 6.42 Å². The highest BCUT2D eigenvalue weighted by Gasteiger charge is 2.08. The number of nitrogens with zero attached hydrogens (tertiary/aromatic N) is 1. The zero-order valence-corrected chi connectivity index (χ0v) is 9.46. The van der Waals surface area contributed by atoms with Crippen molar-refractivity contribution in [1.29, 1.82) is 0 Å². The van der Waals surface area contributed by atoms with E-state index in [9.17, 15) is 0 Å². The van der Waals surface area contributed by atoms with Gasteiger partial charge in [0.25, 0.3) is 0 Å². The molecule has 4 heteroatoms. The number of furan rings is 1. The van der Waals surface area contributed by atoms with Crippen molar-refractivity contribution in [2.75, 3.05) is 0 Å². The Morgan fingerprint density at radius 3 is 3.13 bits per heavy atom. The largest absolute Gasteiger partial charge is 0.472 e. The molecule has 0 radical (unpaired) electrons. The third-order valence-corrected chi connectivity index (χ3v) is 3.26. The van der Waals surface area contributed by atoms with Crippen LogP contribution in [0.25, 0.3) is 10.6 Å². The Bertz CT molecular complexity index is 408. The van der Waals surface area contributed by atoms with Crippen LogP contribution in [0.2, 0.25) is 0 Å². The average Bonchev–Trinajstić information content (AvgIpc) is 2.85. The minimum atomic E-state index is 0.212. The van der Waals surface area contributed by atoms with E-state index >= 15 is 0 Å². The third-order valence-electron chi connectivity index (χ3n) is 2.32. The quantitative estimate of drug-likeness (QED) is 0.865. The van der Waals surface area contributed by atoms with Crippen molar-refractivity contribution in [2.24, 2.45) is 5.73 Å². The SMILES string of the molecule is CCC(N)Cc1csc(-c2ccoc2)n1. The summed E-state index contributed by atoms with van der Waals surface area (Å²) >= 11 is 1.63. The molecule has 2 rings (SSSR count). The number of hydrogen-bond acceptors (Lipinski definition) is 4. The van der Waals surface area contributed by atoms with E-state index in [1.807, 2.05) is 6.07 Å². The summed E-state index contributed by atoms with van der Waals surface area (Å²) in [6.07, 6.45) is 5.21. The standard InChI is InChI=1S/C11H14N2OS/c1-2-9(12)5-10-7-15-11(13-10)8-3-4-14-6-8/h3-4,6-7,9H,2,5,12H2,1H3. The van der Waals surface area contributed by atoms with Crippen molar-refractivity contribution in [2.45, 2.75) is 25.8 Å². The second-order valence-electron chi connectivity index (χ2n) is 3.53. The van der Waals surface area contributed by atoms with Gasteiger partial charge < -0.3 is 10.2 Å². The van der Waals surface area contributed by atoms with Gasteiger partial charge in [0.05, 0.1) is 12.0 Å². The first-order chi connectivity index (χ1) is 7.29. The second-order valence-corrected chi connectivity index (χ2v) is 4.39. The van der Waals surface area contributed by atoms with E-state index < -0.39 is 0 Å². The van der Waals surface area contributed by atoms with Gasteiger partial charge in [0.1, 0.15) is 11.3 Å². The Morgan fingerprint density at radius 2 is 2.47 bits per heavy atom. The van der Waals surface area contributed by atoms with E-state index in [0.29, 0.717) is 0 Å². The zero-order chi connectivity index (χ0) is 10.7. The molecule has 0 saturated carbocycles. The Hall–Kier alpha value is -1.13. The predicted octanol–water partition coefficient (Wildman–Crippen LogP) is 2.68. The number of thiazole rings is 1. The molecule has 1 unspecified atom stereocenters. The van der Waals surface area contributed by atoms with Gasteiger partial charge in [0.2, 0.25) is 0 Å². The normalized spacial score (nSPS) is 12.9. The Labute approximate surface area is 92.9 Å². The van der Waals surface area contributed by atoms with Gasteiger partial charge in [-0.3, -0.25) is 0 Å². The molecule has 80 valence electrons. The molecule has 0 aliphatic carbocycles. The fraction of sp³-hybridized carbons (Fsp3) is 0.364. The van der Waals surface area contributed by atoms with Crippen LogP contribution in [0.15, 0.2) is 28.4 Å². The molecule has 0 aliphatic rings. The summed E-state index contributed by atoms with van der Waals surface area (Å²) < 4.78 is 5.02. The van der Waals surface area contributed by atoms with Gasteiger partial charge in [-0.05, 0) is 12.5 Å². The number of hydrogen-bond donors (Lipinski definition) is 1. The minimum absolute atomic E-state index is 0.212. The molecular weight excluding hydrogens is 208 g/mol. The molecule has 2 heterocycles. The summed E-state index contributed by atoms with van der Waals surface area (Å²) in [4.78, 5) is 4.52. The second kappa shape index (κ2) is 4.59. The smallest absolute Gasteiger partial charge is 0.126 e. The fourth-order valence-electron chi connectivity index (χ4n) is 1.33. The van der Waals surface area contributed by atoms with E-state index in [2.05, 4.69) is 17.3 Å². The van der Waals surface area contributed by atoms with Crippen molar-refractivity contribution in [3.05, 3.63) is 29.7 Å². The first-order valence-electron chi connectivity index (χ1n) is 5.02. The first kappa shape index (κ1) is 10.4. The van der Waals surface area contributed by atoms with Crippen LogP contribution < -0.4 is 5.73 Å². The lowest BCUT2D eigenvalue weighted by Crippen LogP contribution is -2.21. The average molecular weight is 222 g/mol. The van der Waals surface area contributed by atoms with Gasteiger partial charge in [-0.2, -0.15) is 0 Å². The molecule has 15 heavy (non-hydrogen) atoms. The van der Waals surface area contributed by atoms with Crippen LogP contribution in [0.4, 0.5) is 0 Å². The number of rotatable bonds is 4. The lowest BCUT2D eigenvalue weighted by atomic mass is 10.1. The molecule has 0 saturated heterocycles. The molecule has 2 aromatic rings. The molecular formula is C11H14N2OS. The van der Waals surface area contributed by atoms with Crippen LogP contribution in [0.1, 0.15) is 19.0 Å². The van der Waals surface area contributed by atoms with Crippen molar-refractivity contribution in [1.82, 2.24) is 4.98 Å². The van der Waals surface area contributed by atoms with Crippen LogP contribution in [0.3, 0.4) is 0 Å². The van der Waals surface area contributed by atoms with E-state index in [1.54, 1.807) is 23.9 Å².